The molecule has 1 aliphatic heterocycles. The van der Waals surface area contributed by atoms with Crippen LogP contribution in [0.1, 0.15) is 60.8 Å². The van der Waals surface area contributed by atoms with Gasteiger partial charge in [0.2, 0.25) is 0 Å². The molecule has 1 N–H and O–H groups in total. The molecule has 1 amide bonds. The van der Waals surface area contributed by atoms with Crippen LogP contribution in [0.25, 0.3) is 17.0 Å². The second-order valence-electron chi connectivity index (χ2n) is 9.31. The van der Waals surface area contributed by atoms with Crippen LogP contribution in [0.4, 0.5) is 18.9 Å². The van der Waals surface area contributed by atoms with Gasteiger partial charge in [0.1, 0.15) is 16.7 Å². The van der Waals surface area contributed by atoms with Crippen molar-refractivity contribution in [2.45, 2.75) is 57.6 Å². The molecule has 1 unspecified atom stereocenters. The predicted molar refractivity (Wildman–Crippen MR) is 126 cm³/mol. The molecule has 1 saturated heterocycles. The monoisotopic (exact) mass is 495 g/mol. The maximum atomic E-state index is 15.8. The molecule has 7 nitrogen and oxygen atoms in total. The van der Waals surface area contributed by atoms with E-state index >= 15 is 4.39 Å². The number of halogens is 3. The summed E-state index contributed by atoms with van der Waals surface area (Å²) in [6, 6.07) is 5.25. The van der Waals surface area contributed by atoms with Crippen LogP contribution in [0.5, 0.6) is 0 Å². The van der Waals surface area contributed by atoms with E-state index in [4.69, 9.17) is 4.74 Å². The Kier molecular flexibility index (Phi) is 6.04. The van der Waals surface area contributed by atoms with E-state index in [0.717, 1.165) is 25.1 Å². The summed E-state index contributed by atoms with van der Waals surface area (Å²) in [6.07, 6.45) is 4.97. The largest absolute Gasteiger partial charge is 0.356 e. The fourth-order valence-electron chi connectivity index (χ4n) is 4.59. The second-order valence-corrected chi connectivity index (χ2v) is 9.31. The molecule has 10 heteroatoms. The quantitative estimate of drug-likeness (QED) is 0.470. The molecule has 0 radical (unpaired) electrons. The zero-order chi connectivity index (χ0) is 25.6. The lowest BCUT2D eigenvalue weighted by atomic mass is 9.99. The number of aryl methyl sites for hydroxylation is 1. The fourth-order valence-corrected chi connectivity index (χ4v) is 4.59. The summed E-state index contributed by atoms with van der Waals surface area (Å²) in [6.45, 7) is 3.50. The van der Waals surface area contributed by atoms with Crippen molar-refractivity contribution in [3.8, 4) is 6.07 Å². The molecule has 3 heterocycles. The number of nitrogens with zero attached hydrogens (tertiary/aromatic N) is 4. The van der Waals surface area contributed by atoms with Crippen LogP contribution in [0, 0.1) is 36.8 Å². The third-order valence-electron chi connectivity index (χ3n) is 6.89. The minimum atomic E-state index is -1.26. The highest BCUT2D eigenvalue weighted by atomic mass is 19.1. The summed E-state index contributed by atoms with van der Waals surface area (Å²) in [5.74, 6) is -3.82. The molecule has 5 rings (SSSR count). The van der Waals surface area contributed by atoms with Crippen molar-refractivity contribution < 1.29 is 22.7 Å². The lowest BCUT2D eigenvalue weighted by Gasteiger charge is -2.23. The number of ether oxygens (including phenoxy) is 1. The lowest BCUT2D eigenvalue weighted by molar-refractivity contribution is -0.114. The average molecular weight is 496 g/mol. The average Bonchev–Trinajstić information content (AvgIpc) is 3.58. The smallest absolute Gasteiger partial charge is 0.284 e. The summed E-state index contributed by atoms with van der Waals surface area (Å²) in [5, 5.41) is 17.1. The van der Waals surface area contributed by atoms with Gasteiger partial charge in [-0.1, -0.05) is 12.1 Å². The van der Waals surface area contributed by atoms with Crippen molar-refractivity contribution in [3.05, 3.63) is 58.3 Å². The molecule has 2 fully saturated rings. The Morgan fingerprint density at radius 1 is 1.31 bits per heavy atom. The molecule has 1 atom stereocenters. The Morgan fingerprint density at radius 3 is 2.75 bits per heavy atom. The fraction of sp³-hybridized carbons (Fsp3) is 0.385. The maximum absolute atomic E-state index is 15.8. The van der Waals surface area contributed by atoms with E-state index in [-0.39, 0.29) is 22.3 Å². The molecule has 1 aliphatic carbocycles. The number of nitriles is 1. The Bertz CT molecular complexity index is 1450. The van der Waals surface area contributed by atoms with Crippen molar-refractivity contribution in [1.29, 1.82) is 5.26 Å². The van der Waals surface area contributed by atoms with Crippen molar-refractivity contribution in [2.24, 2.45) is 0 Å². The van der Waals surface area contributed by atoms with E-state index in [0.29, 0.717) is 42.6 Å². The zero-order valence-corrected chi connectivity index (χ0v) is 19.9. The van der Waals surface area contributed by atoms with Gasteiger partial charge in [-0.2, -0.15) is 10.4 Å². The molecular formula is C26H24F3N5O2. The summed E-state index contributed by atoms with van der Waals surface area (Å²) >= 11 is 0. The van der Waals surface area contributed by atoms with Gasteiger partial charge in [-0.3, -0.25) is 9.78 Å². The van der Waals surface area contributed by atoms with E-state index in [9.17, 15) is 18.8 Å². The number of nitrogens with one attached hydrogen (secondary N) is 1. The summed E-state index contributed by atoms with van der Waals surface area (Å²) in [4.78, 5) is 16.3. The van der Waals surface area contributed by atoms with Crippen LogP contribution in [-0.4, -0.2) is 27.3 Å². The van der Waals surface area contributed by atoms with E-state index in [2.05, 4.69) is 21.5 Å². The van der Waals surface area contributed by atoms with Gasteiger partial charge in [-0.15, -0.1) is 0 Å². The first-order valence-corrected chi connectivity index (χ1v) is 11.8. The number of benzene rings is 1. The van der Waals surface area contributed by atoms with Crippen molar-refractivity contribution in [2.75, 3.05) is 11.9 Å². The number of hydrogen-bond acceptors (Lipinski definition) is 5. The summed E-state index contributed by atoms with van der Waals surface area (Å²) in [5.41, 5.74) is 0.175. The van der Waals surface area contributed by atoms with Crippen molar-refractivity contribution in [1.82, 2.24) is 14.8 Å². The highest BCUT2D eigenvalue weighted by molar-refractivity contribution is 6.05. The molecule has 186 valence electrons. The molecule has 36 heavy (non-hydrogen) atoms. The van der Waals surface area contributed by atoms with Crippen LogP contribution < -0.4 is 5.32 Å². The topological polar surface area (TPSA) is 92.8 Å². The maximum Gasteiger partial charge on any atom is 0.284 e. The number of carbonyl (C=O) groups is 1. The van der Waals surface area contributed by atoms with Gasteiger partial charge in [0, 0.05) is 23.1 Å². The number of aromatic nitrogens is 3. The van der Waals surface area contributed by atoms with Gasteiger partial charge in [0.05, 0.1) is 29.3 Å². The van der Waals surface area contributed by atoms with Gasteiger partial charge in [-0.25, -0.2) is 17.9 Å². The van der Waals surface area contributed by atoms with Crippen molar-refractivity contribution in [3.63, 3.8) is 0 Å². The SMILES string of the molecule is Cc1ncc(F)c(C)c1NC(=O)/C(F)=C/c1ccc2c(C3(C#N)CC3)nn(C3CCCCO3)c2c1F. The molecular weight excluding hydrogens is 471 g/mol. The van der Waals surface area contributed by atoms with Crippen LogP contribution >= 0.6 is 0 Å². The number of fused-ring (bicyclic) bond motifs is 1. The molecule has 2 aromatic heterocycles. The van der Waals surface area contributed by atoms with Gasteiger partial charge in [-0.05, 0) is 52.0 Å². The first kappa shape index (κ1) is 24.0. The Balaban J connectivity index is 1.54. The van der Waals surface area contributed by atoms with E-state index in [1.54, 1.807) is 13.0 Å². The minimum Gasteiger partial charge on any atom is -0.356 e. The van der Waals surface area contributed by atoms with Crippen LogP contribution in [0.2, 0.25) is 0 Å². The Hall–Kier alpha value is -3.71. The van der Waals surface area contributed by atoms with E-state index in [1.165, 1.54) is 17.7 Å². The number of carbonyl (C=O) groups excluding carboxylic acids is 1. The Morgan fingerprint density at radius 2 is 2.08 bits per heavy atom. The molecule has 1 saturated carbocycles. The molecule has 1 aromatic carbocycles. The van der Waals surface area contributed by atoms with Gasteiger partial charge >= 0.3 is 0 Å². The van der Waals surface area contributed by atoms with E-state index in [1.807, 2.05) is 0 Å². The molecule has 0 bridgehead atoms. The highest BCUT2D eigenvalue weighted by Crippen LogP contribution is 2.50. The second kappa shape index (κ2) is 9.06. The third kappa shape index (κ3) is 4.03. The van der Waals surface area contributed by atoms with Gasteiger partial charge < -0.3 is 10.1 Å². The first-order valence-electron chi connectivity index (χ1n) is 11.8. The van der Waals surface area contributed by atoms with Gasteiger partial charge in [0.25, 0.3) is 5.91 Å². The Labute approximate surface area is 205 Å². The third-order valence-corrected chi connectivity index (χ3v) is 6.89. The first-order chi connectivity index (χ1) is 17.3. The number of pyridine rings is 1. The molecule has 3 aromatic rings. The zero-order valence-electron chi connectivity index (χ0n) is 19.9. The normalized spacial score (nSPS) is 19.2. The van der Waals surface area contributed by atoms with E-state index < -0.39 is 35.0 Å². The predicted octanol–water partition coefficient (Wildman–Crippen LogP) is 5.53. The van der Waals surface area contributed by atoms with Crippen LogP contribution in [-0.2, 0) is 14.9 Å². The molecule has 0 spiro atoms. The van der Waals surface area contributed by atoms with Gasteiger partial charge in [0.15, 0.2) is 17.9 Å². The molecule has 2 aliphatic rings. The van der Waals surface area contributed by atoms with Crippen LogP contribution in [0.15, 0.2) is 24.2 Å². The number of hydrogen-bond donors (Lipinski definition) is 1. The van der Waals surface area contributed by atoms with Crippen LogP contribution in [0.3, 0.4) is 0 Å². The minimum absolute atomic E-state index is 0.0582. The number of rotatable bonds is 5. The lowest BCUT2D eigenvalue weighted by Crippen LogP contribution is -2.20. The highest BCUT2D eigenvalue weighted by Gasteiger charge is 2.49. The number of amides is 1. The number of anilines is 1. The van der Waals surface area contributed by atoms with Crippen molar-refractivity contribution >= 4 is 28.6 Å². The standard InChI is InChI=1S/C26H24F3N5O2/c1-14-19(28)12-31-15(2)22(14)32-25(35)18(27)11-16-6-7-17-23(21(16)29)34(20-5-3-4-10-36-20)33-24(17)26(13-30)8-9-26/h6-7,11-12,20H,3-5,8-10H2,1-2H3,(H,32,35)/b18-11-. The summed E-state index contributed by atoms with van der Waals surface area (Å²) < 4.78 is 51.9. The summed E-state index contributed by atoms with van der Waals surface area (Å²) in [7, 11) is 0.